The molecule has 0 aliphatic rings. The van der Waals surface area contributed by atoms with Gasteiger partial charge in [-0.25, -0.2) is 4.79 Å². The van der Waals surface area contributed by atoms with Crippen molar-refractivity contribution in [2.45, 2.75) is 12.2 Å². The number of primary amides is 1. The molecular formula is C25H20Cl2N2O6. The summed E-state index contributed by atoms with van der Waals surface area (Å²) in [6.45, 7) is -0.518. The zero-order valence-corrected chi connectivity index (χ0v) is 19.6. The maximum atomic E-state index is 13.2. The molecule has 1 unspecified atom stereocenters. The first kappa shape index (κ1) is 24.6. The number of carbonyl (C=O) groups excluding carboxylic acids is 2. The fraction of sp³-hybridized carbons (Fsp3) is 0.120. The van der Waals surface area contributed by atoms with E-state index in [-0.39, 0.29) is 27.6 Å². The number of aliphatic hydroxyl groups is 2. The second-order valence-electron chi connectivity index (χ2n) is 7.61. The smallest absolute Gasteiger partial charge is 0.316 e. The van der Waals surface area contributed by atoms with Crippen LogP contribution in [0.15, 0.2) is 71.1 Å². The average Bonchev–Trinajstić information content (AvgIpc) is 3.19. The van der Waals surface area contributed by atoms with Crippen LogP contribution in [-0.4, -0.2) is 34.7 Å². The zero-order valence-electron chi connectivity index (χ0n) is 18.1. The summed E-state index contributed by atoms with van der Waals surface area (Å²) in [4.78, 5) is 24.9. The van der Waals surface area contributed by atoms with Crippen molar-refractivity contribution in [3.05, 3.63) is 93.7 Å². The summed E-state index contributed by atoms with van der Waals surface area (Å²) in [7, 11) is 0. The van der Waals surface area contributed by atoms with Gasteiger partial charge in [-0.3, -0.25) is 4.79 Å². The number of ether oxygens (including phenoxy) is 1. The largest absolute Gasteiger partial charge is 0.483 e. The molecule has 1 heterocycles. The highest BCUT2D eigenvalue weighted by Gasteiger charge is 2.26. The van der Waals surface area contributed by atoms with E-state index < -0.39 is 30.6 Å². The van der Waals surface area contributed by atoms with Crippen molar-refractivity contribution in [2.24, 2.45) is 5.73 Å². The van der Waals surface area contributed by atoms with E-state index in [2.05, 4.69) is 5.32 Å². The maximum absolute atomic E-state index is 13.2. The van der Waals surface area contributed by atoms with Gasteiger partial charge in [0.25, 0.3) is 0 Å². The Hall–Kier alpha value is -3.56. The highest BCUT2D eigenvalue weighted by Crippen LogP contribution is 2.37. The summed E-state index contributed by atoms with van der Waals surface area (Å²) in [6.07, 6.45) is -2.06. The molecule has 3 aromatic carbocycles. The van der Waals surface area contributed by atoms with Crippen LogP contribution in [0, 0.1) is 0 Å². The fourth-order valence-electron chi connectivity index (χ4n) is 3.61. The summed E-state index contributed by atoms with van der Waals surface area (Å²) in [5.41, 5.74) is 6.38. The number of ketones is 1. The van der Waals surface area contributed by atoms with Gasteiger partial charge in [0.15, 0.2) is 11.9 Å². The Bertz CT molecular complexity index is 1390. The lowest BCUT2D eigenvalue weighted by Gasteiger charge is -2.23. The molecule has 0 spiro atoms. The van der Waals surface area contributed by atoms with Crippen molar-refractivity contribution < 1.29 is 29.0 Å². The third kappa shape index (κ3) is 5.26. The van der Waals surface area contributed by atoms with Crippen molar-refractivity contribution >= 4 is 51.7 Å². The second kappa shape index (κ2) is 10.4. The number of hydrogen-bond donors (Lipinski definition) is 4. The van der Waals surface area contributed by atoms with Crippen LogP contribution < -0.4 is 15.8 Å². The van der Waals surface area contributed by atoms with Gasteiger partial charge in [0.1, 0.15) is 23.1 Å². The number of fused-ring (bicyclic) bond motifs is 1. The topological polar surface area (TPSA) is 135 Å². The number of aliphatic hydroxyl groups excluding tert-OH is 2. The number of nitrogens with two attached hydrogens (primary N) is 1. The Morgan fingerprint density at radius 3 is 2.46 bits per heavy atom. The molecule has 4 rings (SSSR count). The molecule has 5 N–H and O–H groups in total. The van der Waals surface area contributed by atoms with Gasteiger partial charge >= 0.3 is 6.03 Å². The summed E-state index contributed by atoms with van der Waals surface area (Å²) < 4.78 is 11.8. The molecule has 4 aromatic rings. The summed E-state index contributed by atoms with van der Waals surface area (Å²) in [5, 5.41) is 23.1. The van der Waals surface area contributed by atoms with E-state index in [0.29, 0.717) is 21.7 Å². The number of urea groups is 1. The van der Waals surface area contributed by atoms with E-state index in [1.165, 1.54) is 24.3 Å². The van der Waals surface area contributed by atoms with Gasteiger partial charge in [-0.1, -0.05) is 53.5 Å². The van der Waals surface area contributed by atoms with Crippen LogP contribution in [0.5, 0.6) is 5.75 Å². The van der Waals surface area contributed by atoms with Gasteiger partial charge in [-0.05, 0) is 35.9 Å². The first-order valence-corrected chi connectivity index (χ1v) is 11.2. The highest BCUT2D eigenvalue weighted by molar-refractivity contribution is 6.37. The normalized spacial score (nSPS) is 12.8. The lowest BCUT2D eigenvalue weighted by atomic mass is 10.0. The molecule has 35 heavy (non-hydrogen) atoms. The summed E-state index contributed by atoms with van der Waals surface area (Å²) in [6, 6.07) is 17.0. The van der Waals surface area contributed by atoms with Crippen LogP contribution >= 0.6 is 23.2 Å². The summed E-state index contributed by atoms with van der Waals surface area (Å²) in [5.74, 6) is -0.483. The van der Waals surface area contributed by atoms with E-state index in [4.69, 9.17) is 38.1 Å². The number of halogens is 2. The molecule has 1 aromatic heterocycles. The molecule has 0 radical (unpaired) electrons. The highest BCUT2D eigenvalue weighted by atomic mass is 35.5. The number of rotatable bonds is 8. The molecule has 0 fully saturated rings. The number of hydrogen-bond acceptors (Lipinski definition) is 6. The molecule has 0 saturated heterocycles. The van der Waals surface area contributed by atoms with Gasteiger partial charge in [-0.15, -0.1) is 0 Å². The Morgan fingerprint density at radius 1 is 1.06 bits per heavy atom. The van der Waals surface area contributed by atoms with Crippen LogP contribution in [0.4, 0.5) is 10.5 Å². The van der Waals surface area contributed by atoms with Crippen LogP contribution in [0.1, 0.15) is 27.8 Å². The van der Waals surface area contributed by atoms with Gasteiger partial charge in [0, 0.05) is 22.0 Å². The molecule has 2 atom stereocenters. The van der Waals surface area contributed by atoms with E-state index in [0.717, 1.165) is 0 Å². The molecule has 0 saturated carbocycles. The molecule has 0 aliphatic heterocycles. The van der Waals surface area contributed by atoms with Crippen LogP contribution in [0.25, 0.3) is 11.0 Å². The number of carbonyl (C=O) groups is 2. The predicted octanol–water partition coefficient (Wildman–Crippen LogP) is 4.93. The van der Waals surface area contributed by atoms with Gasteiger partial charge in [0.2, 0.25) is 5.78 Å². The SMILES string of the molecule is NC(=O)Nc1c(C(=O)c2ccc(Cl)cc2Cl)oc2cc(OC(c3ccccc3)[C@@H](O)CO)ccc12. The first-order valence-electron chi connectivity index (χ1n) is 10.4. The lowest BCUT2D eigenvalue weighted by Crippen LogP contribution is -2.27. The van der Waals surface area contributed by atoms with Gasteiger partial charge in [0.05, 0.1) is 11.6 Å². The molecule has 0 aliphatic carbocycles. The van der Waals surface area contributed by atoms with Crippen LogP contribution in [0.2, 0.25) is 10.0 Å². The van der Waals surface area contributed by atoms with Crippen molar-refractivity contribution in [2.75, 3.05) is 11.9 Å². The molecule has 180 valence electrons. The predicted molar refractivity (Wildman–Crippen MR) is 132 cm³/mol. The quantitative estimate of drug-likeness (QED) is 0.246. The van der Waals surface area contributed by atoms with E-state index in [1.807, 2.05) is 6.07 Å². The number of anilines is 1. The maximum Gasteiger partial charge on any atom is 0.316 e. The fourth-order valence-corrected chi connectivity index (χ4v) is 4.10. The standard InChI is InChI=1S/C25H20Cl2N2O6/c26-14-6-8-16(18(27)10-14)22(32)24-21(29-25(28)33)17-9-7-15(11-20(17)35-24)34-23(19(31)12-30)13-4-2-1-3-5-13/h1-11,19,23,30-31H,12H2,(H3,28,29,33)/t19-,23?/m0/s1. The van der Waals surface area contributed by atoms with Crippen molar-refractivity contribution in [1.82, 2.24) is 0 Å². The average molecular weight is 515 g/mol. The lowest BCUT2D eigenvalue weighted by molar-refractivity contribution is -0.00186. The molecular weight excluding hydrogens is 495 g/mol. The van der Waals surface area contributed by atoms with Gasteiger partial charge < -0.3 is 30.4 Å². The van der Waals surface area contributed by atoms with Crippen LogP contribution in [0.3, 0.4) is 0 Å². The monoisotopic (exact) mass is 514 g/mol. The van der Waals surface area contributed by atoms with E-state index in [9.17, 15) is 19.8 Å². The number of benzene rings is 3. The first-order chi connectivity index (χ1) is 16.8. The minimum Gasteiger partial charge on any atom is -0.483 e. The Kier molecular flexibility index (Phi) is 7.28. The number of nitrogens with one attached hydrogen (secondary N) is 1. The summed E-state index contributed by atoms with van der Waals surface area (Å²) >= 11 is 12.1. The molecule has 8 nitrogen and oxygen atoms in total. The third-order valence-corrected chi connectivity index (χ3v) is 5.77. The number of furan rings is 1. The van der Waals surface area contributed by atoms with Crippen LogP contribution in [-0.2, 0) is 0 Å². The van der Waals surface area contributed by atoms with E-state index in [1.54, 1.807) is 36.4 Å². The second-order valence-corrected chi connectivity index (χ2v) is 8.45. The minimum atomic E-state index is -1.19. The van der Waals surface area contributed by atoms with Crippen molar-refractivity contribution in [3.63, 3.8) is 0 Å². The molecule has 2 amide bonds. The zero-order chi connectivity index (χ0) is 25.1. The third-order valence-electron chi connectivity index (χ3n) is 5.22. The Labute approximate surface area is 209 Å². The Morgan fingerprint density at radius 2 is 1.80 bits per heavy atom. The van der Waals surface area contributed by atoms with Crippen molar-refractivity contribution in [1.29, 1.82) is 0 Å². The molecule has 10 heteroatoms. The number of amides is 2. The minimum absolute atomic E-state index is 0.0741. The molecule has 0 bridgehead atoms. The van der Waals surface area contributed by atoms with Gasteiger partial charge in [-0.2, -0.15) is 0 Å². The van der Waals surface area contributed by atoms with E-state index >= 15 is 0 Å². The van der Waals surface area contributed by atoms with Crippen molar-refractivity contribution in [3.8, 4) is 5.75 Å². The Balaban J connectivity index is 1.76.